The fourth-order valence-corrected chi connectivity index (χ4v) is 2.23. The smallest absolute Gasteiger partial charge is 0.226 e. The van der Waals surface area contributed by atoms with E-state index in [2.05, 4.69) is 15.6 Å². The normalized spacial score (nSPS) is 19.2. The first-order valence-corrected chi connectivity index (χ1v) is 6.85. The van der Waals surface area contributed by atoms with Gasteiger partial charge >= 0.3 is 0 Å². The third-order valence-corrected chi connectivity index (χ3v) is 3.18. The number of nitrogens with one attached hydrogen (secondary N) is 2. The van der Waals surface area contributed by atoms with Crippen LogP contribution < -0.4 is 16.4 Å². The second-order valence-electron chi connectivity index (χ2n) is 4.95. The molecule has 0 unspecified atom stereocenters. The van der Waals surface area contributed by atoms with E-state index in [1.807, 2.05) is 37.3 Å². The minimum absolute atomic E-state index is 0.0236. The summed E-state index contributed by atoms with van der Waals surface area (Å²) in [5, 5.41) is 6.30. The van der Waals surface area contributed by atoms with Crippen molar-refractivity contribution in [1.29, 1.82) is 0 Å². The Balaban J connectivity index is 2.36. The number of benzene rings is 1. The second kappa shape index (κ2) is 6.74. The van der Waals surface area contributed by atoms with E-state index < -0.39 is 0 Å². The quantitative estimate of drug-likeness (QED) is 0.589. The van der Waals surface area contributed by atoms with E-state index in [0.717, 1.165) is 22.5 Å². The summed E-state index contributed by atoms with van der Waals surface area (Å²) in [5.41, 5.74) is 9.09. The maximum atomic E-state index is 11.8. The molecule has 110 valence electrons. The number of nitrogens with zero attached hydrogens (tertiary/aromatic N) is 1. The third kappa shape index (κ3) is 3.72. The molecule has 0 radical (unpaired) electrons. The van der Waals surface area contributed by atoms with Crippen molar-refractivity contribution in [2.75, 3.05) is 17.7 Å². The van der Waals surface area contributed by atoms with Gasteiger partial charge in [-0.25, -0.2) is 0 Å². The highest BCUT2D eigenvalue weighted by molar-refractivity contribution is 5.98. The molecule has 0 saturated carbocycles. The second-order valence-corrected chi connectivity index (χ2v) is 4.95. The van der Waals surface area contributed by atoms with Crippen molar-refractivity contribution < 1.29 is 4.79 Å². The van der Waals surface area contributed by atoms with E-state index in [4.69, 9.17) is 5.73 Å². The summed E-state index contributed by atoms with van der Waals surface area (Å²) in [6.07, 6.45) is 7.49. The van der Waals surface area contributed by atoms with Gasteiger partial charge in [-0.1, -0.05) is 24.3 Å². The highest BCUT2D eigenvalue weighted by atomic mass is 16.1. The number of carbonyl (C=O) groups is 1. The molecule has 0 saturated heterocycles. The van der Waals surface area contributed by atoms with E-state index in [-0.39, 0.29) is 11.9 Å². The van der Waals surface area contributed by atoms with Crippen LogP contribution in [0.4, 0.5) is 11.4 Å². The van der Waals surface area contributed by atoms with Gasteiger partial charge < -0.3 is 16.4 Å². The van der Waals surface area contributed by atoms with Gasteiger partial charge in [-0.3, -0.25) is 9.79 Å². The molecule has 0 fully saturated rings. The van der Waals surface area contributed by atoms with Crippen LogP contribution in [0.5, 0.6) is 0 Å². The molecule has 1 atom stereocenters. The minimum atomic E-state index is 0.0236. The number of rotatable bonds is 3. The van der Waals surface area contributed by atoms with Crippen molar-refractivity contribution in [3.05, 3.63) is 41.6 Å². The number of amides is 1. The topological polar surface area (TPSA) is 79.5 Å². The first-order chi connectivity index (χ1) is 10.1. The average Bonchev–Trinajstić information content (AvgIpc) is 2.60. The Bertz CT molecular complexity index is 617. The number of aliphatic imine (C=N–C) groups is 1. The Morgan fingerprint density at radius 3 is 3.00 bits per heavy atom. The summed E-state index contributed by atoms with van der Waals surface area (Å²) >= 11 is 0. The van der Waals surface area contributed by atoms with E-state index in [0.29, 0.717) is 6.42 Å². The van der Waals surface area contributed by atoms with E-state index in [1.54, 1.807) is 13.3 Å². The first kappa shape index (κ1) is 14.8. The molecule has 1 aliphatic rings. The van der Waals surface area contributed by atoms with Gasteiger partial charge in [-0.15, -0.1) is 0 Å². The zero-order valence-electron chi connectivity index (χ0n) is 12.3. The van der Waals surface area contributed by atoms with Crippen molar-refractivity contribution in [1.82, 2.24) is 0 Å². The Morgan fingerprint density at radius 1 is 1.48 bits per heavy atom. The molecule has 1 aromatic carbocycles. The van der Waals surface area contributed by atoms with Gasteiger partial charge in [0.1, 0.15) is 0 Å². The van der Waals surface area contributed by atoms with Crippen molar-refractivity contribution in [3.63, 3.8) is 0 Å². The molecule has 1 aromatic rings. The van der Waals surface area contributed by atoms with Crippen molar-refractivity contribution in [3.8, 4) is 0 Å². The van der Waals surface area contributed by atoms with Crippen LogP contribution in [0.3, 0.4) is 0 Å². The number of anilines is 2. The van der Waals surface area contributed by atoms with Gasteiger partial charge in [0.2, 0.25) is 5.91 Å². The zero-order valence-corrected chi connectivity index (χ0v) is 12.3. The Labute approximate surface area is 124 Å². The lowest BCUT2D eigenvalue weighted by molar-refractivity contribution is -0.116. The van der Waals surface area contributed by atoms with Crippen LogP contribution in [0.2, 0.25) is 0 Å². The standard InChI is InChI=1S/C16H20N4O/c1-11-8-15(21)20-14-5-3-4-13(16(14)19-11)7-6-12(9-17)10-18-2/h3-7,9-11,19H,8,17H2,1-2H3,(H,20,21)/b7-6+,12-9-,18-10?/t11-/m1/s1. The number of allylic oxidation sites excluding steroid dienone is 2. The molecule has 2 rings (SSSR count). The van der Waals surface area contributed by atoms with E-state index in [1.165, 1.54) is 6.20 Å². The fraction of sp³-hybridized carbons (Fsp3) is 0.250. The maximum absolute atomic E-state index is 11.8. The molecule has 4 N–H and O–H groups in total. The first-order valence-electron chi connectivity index (χ1n) is 6.85. The van der Waals surface area contributed by atoms with Gasteiger partial charge in [0.05, 0.1) is 11.4 Å². The molecule has 21 heavy (non-hydrogen) atoms. The minimum Gasteiger partial charge on any atom is -0.404 e. The summed E-state index contributed by atoms with van der Waals surface area (Å²) in [6.45, 7) is 1.99. The van der Waals surface area contributed by atoms with Crippen LogP contribution in [0.15, 0.2) is 41.0 Å². The lowest BCUT2D eigenvalue weighted by atomic mass is 10.1. The Morgan fingerprint density at radius 2 is 2.29 bits per heavy atom. The number of carbonyl (C=O) groups excluding carboxylic acids is 1. The maximum Gasteiger partial charge on any atom is 0.226 e. The summed E-state index contributed by atoms with van der Waals surface area (Å²) in [6, 6.07) is 5.88. The lowest BCUT2D eigenvalue weighted by Crippen LogP contribution is -2.19. The predicted molar refractivity (Wildman–Crippen MR) is 88.5 cm³/mol. The fourth-order valence-electron chi connectivity index (χ4n) is 2.23. The third-order valence-electron chi connectivity index (χ3n) is 3.18. The highest BCUT2D eigenvalue weighted by Gasteiger charge is 2.18. The highest BCUT2D eigenvalue weighted by Crippen LogP contribution is 2.30. The largest absolute Gasteiger partial charge is 0.404 e. The number of nitrogens with two attached hydrogens (primary N) is 1. The molecule has 1 aliphatic heterocycles. The number of hydrogen-bond acceptors (Lipinski definition) is 4. The zero-order chi connectivity index (χ0) is 15.2. The van der Waals surface area contributed by atoms with E-state index >= 15 is 0 Å². The van der Waals surface area contributed by atoms with Crippen LogP contribution in [0.1, 0.15) is 18.9 Å². The summed E-state index contributed by atoms with van der Waals surface area (Å²) in [5.74, 6) is 0.0236. The van der Waals surface area contributed by atoms with E-state index in [9.17, 15) is 4.79 Å². The van der Waals surface area contributed by atoms with Crippen LogP contribution in [-0.4, -0.2) is 25.2 Å². The van der Waals surface area contributed by atoms with Crippen LogP contribution in [0, 0.1) is 0 Å². The molecule has 1 amide bonds. The Kier molecular flexibility index (Phi) is 4.77. The van der Waals surface area contributed by atoms with Gasteiger partial charge in [-0.05, 0) is 18.6 Å². The molecule has 0 aliphatic carbocycles. The Hall–Kier alpha value is -2.56. The van der Waals surface area contributed by atoms with Crippen molar-refractivity contribution in [2.24, 2.45) is 10.7 Å². The SMILES string of the molecule is CN=CC(=C\N)/C=C/c1cccc2c1N[C@H](C)CC(=O)N2. The molecule has 1 heterocycles. The summed E-state index contributed by atoms with van der Waals surface area (Å²) in [7, 11) is 1.70. The number of fused-ring (bicyclic) bond motifs is 1. The molecular formula is C16H20N4O. The molecule has 5 nitrogen and oxygen atoms in total. The van der Waals surface area contributed by atoms with Gasteiger partial charge in [0.25, 0.3) is 0 Å². The summed E-state index contributed by atoms with van der Waals surface area (Å²) in [4.78, 5) is 15.7. The van der Waals surface area contributed by atoms with Crippen LogP contribution in [-0.2, 0) is 4.79 Å². The van der Waals surface area contributed by atoms with Gasteiger partial charge in [0, 0.05) is 37.5 Å². The predicted octanol–water partition coefficient (Wildman–Crippen LogP) is 2.39. The van der Waals surface area contributed by atoms with Crippen LogP contribution >= 0.6 is 0 Å². The molecular weight excluding hydrogens is 264 g/mol. The van der Waals surface area contributed by atoms with Crippen molar-refractivity contribution in [2.45, 2.75) is 19.4 Å². The number of hydrogen-bond donors (Lipinski definition) is 3. The summed E-state index contributed by atoms with van der Waals surface area (Å²) < 4.78 is 0. The molecule has 0 bridgehead atoms. The molecule has 0 aromatic heterocycles. The van der Waals surface area contributed by atoms with Crippen LogP contribution in [0.25, 0.3) is 6.08 Å². The van der Waals surface area contributed by atoms with Crippen molar-refractivity contribution >= 4 is 29.6 Å². The lowest BCUT2D eigenvalue weighted by Gasteiger charge is -2.14. The monoisotopic (exact) mass is 284 g/mol. The molecule has 5 heteroatoms. The average molecular weight is 284 g/mol. The molecule has 0 spiro atoms. The van der Waals surface area contributed by atoms with Gasteiger partial charge in [0.15, 0.2) is 0 Å². The number of para-hydroxylation sites is 1. The van der Waals surface area contributed by atoms with Gasteiger partial charge in [-0.2, -0.15) is 0 Å².